The molecule has 1 fully saturated rings. The number of nitro benzene ring substituents is 1. The highest BCUT2D eigenvalue weighted by atomic mass is 32.2. The van der Waals surface area contributed by atoms with Gasteiger partial charge in [0, 0.05) is 24.8 Å². The zero-order chi connectivity index (χ0) is 15.6. The van der Waals surface area contributed by atoms with E-state index in [2.05, 4.69) is 0 Å². The summed E-state index contributed by atoms with van der Waals surface area (Å²) in [6.45, 7) is 0.703. The molecule has 0 spiro atoms. The number of anilines is 1. The van der Waals surface area contributed by atoms with Gasteiger partial charge in [0.05, 0.1) is 16.4 Å². The quantitative estimate of drug-likeness (QED) is 0.651. The number of rotatable bonds is 3. The maximum atomic E-state index is 11.6. The molecular formula is C12H14N2O6S. The van der Waals surface area contributed by atoms with Gasteiger partial charge in [0.2, 0.25) is 0 Å². The van der Waals surface area contributed by atoms with Gasteiger partial charge in [-0.1, -0.05) is 0 Å². The number of carboxylic acids is 1. The lowest BCUT2D eigenvalue weighted by atomic mass is 10.1. The molecule has 114 valence electrons. The molecule has 0 bridgehead atoms. The number of sulfone groups is 1. The van der Waals surface area contributed by atoms with Gasteiger partial charge in [-0.15, -0.1) is 0 Å². The van der Waals surface area contributed by atoms with Crippen LogP contribution in [0.25, 0.3) is 0 Å². The zero-order valence-corrected chi connectivity index (χ0v) is 11.9. The lowest BCUT2D eigenvalue weighted by molar-refractivity contribution is -0.385. The number of carboxylic acid groups (broad SMARTS) is 1. The van der Waals surface area contributed by atoms with Crippen LogP contribution in [-0.2, 0) is 9.84 Å². The van der Waals surface area contributed by atoms with Gasteiger partial charge < -0.3 is 10.0 Å². The zero-order valence-electron chi connectivity index (χ0n) is 11.1. The smallest absolute Gasteiger partial charge is 0.342 e. The summed E-state index contributed by atoms with van der Waals surface area (Å²) in [6.07, 6.45) is 0.441. The van der Waals surface area contributed by atoms with Crippen LogP contribution in [0.3, 0.4) is 0 Å². The normalized spacial score (nSPS) is 18.0. The average Bonchev–Trinajstić information content (AvgIpc) is 2.59. The molecule has 0 radical (unpaired) electrons. The first-order valence-electron chi connectivity index (χ1n) is 6.27. The summed E-state index contributed by atoms with van der Waals surface area (Å²) in [5.74, 6) is -1.29. The van der Waals surface area contributed by atoms with Gasteiger partial charge in [0.1, 0.15) is 5.56 Å². The van der Waals surface area contributed by atoms with E-state index in [1.165, 1.54) is 18.2 Å². The molecule has 0 aliphatic carbocycles. The first-order valence-corrected chi connectivity index (χ1v) is 8.09. The minimum Gasteiger partial charge on any atom is -0.477 e. The van der Waals surface area contributed by atoms with Crippen molar-refractivity contribution >= 4 is 27.2 Å². The third-order valence-corrected chi connectivity index (χ3v) is 5.04. The molecule has 21 heavy (non-hydrogen) atoms. The molecule has 1 aromatic rings. The monoisotopic (exact) mass is 314 g/mol. The van der Waals surface area contributed by atoms with E-state index in [0.29, 0.717) is 18.7 Å². The van der Waals surface area contributed by atoms with Crippen LogP contribution in [0.5, 0.6) is 0 Å². The summed E-state index contributed by atoms with van der Waals surface area (Å²) < 4.78 is 23.1. The molecule has 1 aliphatic rings. The number of carbonyl (C=O) groups is 1. The maximum Gasteiger partial charge on any atom is 0.342 e. The van der Waals surface area contributed by atoms with Crippen molar-refractivity contribution in [2.45, 2.75) is 6.42 Å². The van der Waals surface area contributed by atoms with Gasteiger partial charge in [0.25, 0.3) is 5.69 Å². The van der Waals surface area contributed by atoms with Crippen molar-refractivity contribution in [2.24, 2.45) is 0 Å². The van der Waals surface area contributed by atoms with E-state index in [9.17, 15) is 23.3 Å². The van der Waals surface area contributed by atoms with Crippen molar-refractivity contribution < 1.29 is 23.2 Å². The van der Waals surface area contributed by atoms with Gasteiger partial charge in [-0.25, -0.2) is 13.2 Å². The second-order valence-electron chi connectivity index (χ2n) is 4.76. The maximum absolute atomic E-state index is 11.6. The number of nitro groups is 1. The fourth-order valence-corrected chi connectivity index (χ4v) is 3.52. The van der Waals surface area contributed by atoms with Gasteiger partial charge in [-0.05, 0) is 18.6 Å². The van der Waals surface area contributed by atoms with Crippen molar-refractivity contribution in [2.75, 3.05) is 29.5 Å². The summed E-state index contributed by atoms with van der Waals surface area (Å²) >= 11 is 0. The molecule has 1 aliphatic heterocycles. The summed E-state index contributed by atoms with van der Waals surface area (Å²) in [7, 11) is -3.08. The molecule has 0 unspecified atom stereocenters. The van der Waals surface area contributed by atoms with E-state index in [1.807, 2.05) is 0 Å². The van der Waals surface area contributed by atoms with E-state index < -0.39 is 26.4 Å². The molecule has 1 aromatic carbocycles. The lowest BCUT2D eigenvalue weighted by Crippen LogP contribution is -2.26. The summed E-state index contributed by atoms with van der Waals surface area (Å²) in [4.78, 5) is 22.9. The molecule has 0 atom stereocenters. The van der Waals surface area contributed by atoms with E-state index in [4.69, 9.17) is 5.11 Å². The lowest BCUT2D eigenvalue weighted by Gasteiger charge is -2.22. The second kappa shape index (κ2) is 5.68. The largest absolute Gasteiger partial charge is 0.477 e. The molecule has 2 rings (SSSR count). The highest BCUT2D eigenvalue weighted by molar-refractivity contribution is 7.91. The van der Waals surface area contributed by atoms with Crippen molar-refractivity contribution in [3.8, 4) is 0 Å². The second-order valence-corrected chi connectivity index (χ2v) is 7.06. The molecule has 8 nitrogen and oxygen atoms in total. The first-order chi connectivity index (χ1) is 9.80. The van der Waals surface area contributed by atoms with Crippen molar-refractivity contribution in [1.29, 1.82) is 0 Å². The number of nitrogens with zero attached hydrogens (tertiary/aromatic N) is 2. The van der Waals surface area contributed by atoms with E-state index in [0.717, 1.165) is 0 Å². The van der Waals surface area contributed by atoms with Crippen LogP contribution in [0.1, 0.15) is 16.8 Å². The molecule has 0 saturated carbocycles. The van der Waals surface area contributed by atoms with Gasteiger partial charge in [-0.2, -0.15) is 0 Å². The number of aromatic carboxylic acids is 1. The van der Waals surface area contributed by atoms with Crippen LogP contribution in [0.15, 0.2) is 18.2 Å². The standard InChI is InChI=1S/C12H14N2O6S/c15-12(16)10-3-2-9(8-11(10)14(17)18)13-4-1-6-21(19,20)7-5-13/h2-3,8H,1,4-7H2,(H,15,16). The van der Waals surface area contributed by atoms with Crippen molar-refractivity contribution in [1.82, 2.24) is 0 Å². The molecule has 9 heteroatoms. The SMILES string of the molecule is O=C(O)c1ccc(N2CCCS(=O)(=O)CC2)cc1[N+](=O)[O-]. The fraction of sp³-hybridized carbons (Fsp3) is 0.417. The van der Waals surface area contributed by atoms with Crippen LogP contribution < -0.4 is 4.90 Å². The topological polar surface area (TPSA) is 118 Å². The average molecular weight is 314 g/mol. The van der Waals surface area contributed by atoms with Crippen molar-refractivity contribution in [3.63, 3.8) is 0 Å². The molecular weight excluding hydrogens is 300 g/mol. The summed E-state index contributed by atoms with van der Waals surface area (Å²) in [6, 6.07) is 3.82. The third-order valence-electron chi connectivity index (χ3n) is 3.33. The minimum absolute atomic E-state index is 0.0124. The predicted molar refractivity (Wildman–Crippen MR) is 75.5 cm³/mol. The van der Waals surface area contributed by atoms with Gasteiger partial charge >= 0.3 is 5.97 Å². The Balaban J connectivity index is 2.34. The highest BCUT2D eigenvalue weighted by Crippen LogP contribution is 2.26. The van der Waals surface area contributed by atoms with Crippen LogP contribution in [0, 0.1) is 10.1 Å². The number of hydrogen-bond acceptors (Lipinski definition) is 6. The van der Waals surface area contributed by atoms with E-state index >= 15 is 0 Å². The molecule has 0 amide bonds. The van der Waals surface area contributed by atoms with Crippen LogP contribution in [-0.4, -0.2) is 49.0 Å². The van der Waals surface area contributed by atoms with Crippen LogP contribution in [0.4, 0.5) is 11.4 Å². The van der Waals surface area contributed by atoms with E-state index in [-0.39, 0.29) is 23.6 Å². The van der Waals surface area contributed by atoms with Crippen LogP contribution >= 0.6 is 0 Å². The molecule has 1 saturated heterocycles. The van der Waals surface area contributed by atoms with Crippen LogP contribution in [0.2, 0.25) is 0 Å². The predicted octanol–water partition coefficient (Wildman–Crippen LogP) is 0.918. The Bertz CT molecular complexity index is 685. The molecule has 1 N–H and O–H groups in total. The number of benzene rings is 1. The Morgan fingerprint density at radius 1 is 1.29 bits per heavy atom. The van der Waals surface area contributed by atoms with Gasteiger partial charge in [0.15, 0.2) is 9.84 Å². The Labute approximate surface area is 121 Å². The highest BCUT2D eigenvalue weighted by Gasteiger charge is 2.24. The summed E-state index contributed by atoms with van der Waals surface area (Å²) in [5, 5.41) is 19.9. The molecule has 0 aromatic heterocycles. The fourth-order valence-electron chi connectivity index (χ4n) is 2.25. The van der Waals surface area contributed by atoms with Crippen molar-refractivity contribution in [3.05, 3.63) is 33.9 Å². The Morgan fingerprint density at radius 2 is 2.00 bits per heavy atom. The van der Waals surface area contributed by atoms with E-state index in [1.54, 1.807) is 4.90 Å². The van der Waals surface area contributed by atoms with Gasteiger partial charge in [-0.3, -0.25) is 10.1 Å². The third kappa shape index (κ3) is 3.48. The number of hydrogen-bond donors (Lipinski definition) is 1. The minimum atomic E-state index is -3.08. The first kappa shape index (κ1) is 15.2. The Morgan fingerprint density at radius 3 is 2.62 bits per heavy atom. The Hall–Kier alpha value is -2.16. The Kier molecular flexibility index (Phi) is 4.12. The molecule has 1 heterocycles. The summed E-state index contributed by atoms with van der Waals surface area (Å²) in [5.41, 5.74) is -0.415.